The number of alkyl halides is 1. The quantitative estimate of drug-likeness (QED) is 0.884. The van der Waals surface area contributed by atoms with Crippen LogP contribution in [0.4, 0.5) is 10.3 Å². The van der Waals surface area contributed by atoms with Gasteiger partial charge < -0.3 is 19.7 Å². The van der Waals surface area contributed by atoms with Crippen LogP contribution in [0.2, 0.25) is 0 Å². The lowest BCUT2D eigenvalue weighted by atomic mass is 10.0. The van der Waals surface area contributed by atoms with Gasteiger partial charge in [0.2, 0.25) is 5.88 Å². The maximum Gasteiger partial charge on any atom is 0.230 e. The molecular weight excluding hydrogens is 239 g/mol. The molecule has 1 aromatic heterocycles. The molecule has 0 atom stereocenters. The fraction of sp³-hybridized carbons (Fsp3) is 0.250. The molecular formula is C12H11FN2O3. The van der Waals surface area contributed by atoms with Gasteiger partial charge in [0.1, 0.15) is 19.9 Å². The van der Waals surface area contributed by atoms with Gasteiger partial charge in [0.25, 0.3) is 0 Å². The van der Waals surface area contributed by atoms with E-state index in [2.05, 4.69) is 5.16 Å². The van der Waals surface area contributed by atoms with E-state index in [1.54, 1.807) is 12.1 Å². The highest BCUT2D eigenvalue weighted by molar-refractivity contribution is 5.80. The third-order valence-electron chi connectivity index (χ3n) is 2.74. The Morgan fingerprint density at radius 2 is 2.06 bits per heavy atom. The van der Waals surface area contributed by atoms with Crippen LogP contribution in [0.1, 0.15) is 5.56 Å². The van der Waals surface area contributed by atoms with Gasteiger partial charge in [-0.05, 0) is 17.7 Å². The summed E-state index contributed by atoms with van der Waals surface area (Å²) in [6.45, 7) is 0.302. The summed E-state index contributed by atoms with van der Waals surface area (Å²) in [7, 11) is 0. The normalized spacial score (nSPS) is 13.6. The monoisotopic (exact) mass is 250 g/mol. The van der Waals surface area contributed by atoms with Gasteiger partial charge in [0, 0.05) is 5.56 Å². The van der Waals surface area contributed by atoms with Crippen molar-refractivity contribution in [1.82, 2.24) is 5.16 Å². The molecule has 0 aliphatic carbocycles. The van der Waals surface area contributed by atoms with Gasteiger partial charge in [-0.2, -0.15) is 0 Å². The second-order valence-electron chi connectivity index (χ2n) is 3.90. The number of hydrogen-bond acceptors (Lipinski definition) is 5. The number of aromatic nitrogens is 1. The molecule has 18 heavy (non-hydrogen) atoms. The Morgan fingerprint density at radius 3 is 2.78 bits per heavy atom. The van der Waals surface area contributed by atoms with Crippen molar-refractivity contribution in [3.63, 3.8) is 0 Å². The summed E-state index contributed by atoms with van der Waals surface area (Å²) < 4.78 is 28.7. The molecule has 0 saturated carbocycles. The molecule has 0 spiro atoms. The van der Waals surface area contributed by atoms with Crippen molar-refractivity contribution in [3.05, 3.63) is 23.9 Å². The second-order valence-corrected chi connectivity index (χ2v) is 3.90. The van der Waals surface area contributed by atoms with Crippen LogP contribution in [0.25, 0.3) is 11.1 Å². The smallest absolute Gasteiger partial charge is 0.230 e. The Labute approximate surface area is 102 Å². The topological polar surface area (TPSA) is 70.5 Å². The van der Waals surface area contributed by atoms with Crippen molar-refractivity contribution < 1.29 is 18.4 Å². The first kappa shape index (κ1) is 10.9. The maximum absolute atomic E-state index is 12.9. The molecule has 3 rings (SSSR count). The fourth-order valence-corrected chi connectivity index (χ4v) is 1.94. The van der Waals surface area contributed by atoms with Crippen LogP contribution in [-0.4, -0.2) is 18.4 Å². The highest BCUT2D eigenvalue weighted by Gasteiger charge is 2.21. The highest BCUT2D eigenvalue weighted by Crippen LogP contribution is 2.42. The summed E-state index contributed by atoms with van der Waals surface area (Å²) in [4.78, 5) is 0. The Balaban J connectivity index is 2.21. The molecule has 1 aliphatic heterocycles. The number of nitrogens with zero attached hydrogens (tertiary/aromatic N) is 1. The van der Waals surface area contributed by atoms with E-state index >= 15 is 0 Å². The van der Waals surface area contributed by atoms with E-state index < -0.39 is 6.67 Å². The number of halogens is 1. The minimum Gasteiger partial charge on any atom is -0.486 e. The van der Waals surface area contributed by atoms with Crippen LogP contribution in [0.3, 0.4) is 0 Å². The van der Waals surface area contributed by atoms with E-state index in [-0.39, 0.29) is 5.88 Å². The molecule has 2 heterocycles. The first-order valence-corrected chi connectivity index (χ1v) is 5.48. The number of nitrogen functional groups attached to an aromatic ring is 1. The van der Waals surface area contributed by atoms with Gasteiger partial charge >= 0.3 is 0 Å². The minimum atomic E-state index is -0.588. The molecule has 1 aromatic carbocycles. The molecule has 0 bridgehead atoms. The molecule has 0 saturated heterocycles. The van der Waals surface area contributed by atoms with Gasteiger partial charge in [-0.15, -0.1) is 0 Å². The van der Waals surface area contributed by atoms with E-state index in [9.17, 15) is 4.39 Å². The Bertz CT molecular complexity index is 583. The molecule has 2 N–H and O–H groups in total. The van der Waals surface area contributed by atoms with Crippen molar-refractivity contribution in [1.29, 1.82) is 0 Å². The van der Waals surface area contributed by atoms with Crippen molar-refractivity contribution in [2.75, 3.05) is 18.9 Å². The average molecular weight is 250 g/mol. The molecule has 5 nitrogen and oxygen atoms in total. The van der Waals surface area contributed by atoms with Gasteiger partial charge in [0.15, 0.2) is 11.5 Å². The van der Waals surface area contributed by atoms with Crippen LogP contribution >= 0.6 is 0 Å². The first-order valence-electron chi connectivity index (χ1n) is 5.48. The highest BCUT2D eigenvalue weighted by atomic mass is 19.1. The number of rotatable bonds is 2. The lowest BCUT2D eigenvalue weighted by Crippen LogP contribution is -2.16. The third kappa shape index (κ3) is 1.66. The summed E-state index contributed by atoms with van der Waals surface area (Å²) >= 11 is 0. The molecule has 0 radical (unpaired) electrons. The van der Waals surface area contributed by atoms with E-state index in [4.69, 9.17) is 19.7 Å². The molecule has 1 aliphatic rings. The fourth-order valence-electron chi connectivity index (χ4n) is 1.94. The molecule has 2 aromatic rings. The zero-order valence-electron chi connectivity index (χ0n) is 9.48. The minimum absolute atomic E-state index is 0.169. The SMILES string of the molecule is Nc1oncc1-c1cc(CF)cc2c1OCCO2. The Hall–Kier alpha value is -2.24. The summed E-state index contributed by atoms with van der Waals surface area (Å²) in [5, 5.41) is 3.61. The number of anilines is 1. The summed E-state index contributed by atoms with van der Waals surface area (Å²) in [5.41, 5.74) is 7.39. The maximum atomic E-state index is 12.9. The summed E-state index contributed by atoms with van der Waals surface area (Å²) in [6.07, 6.45) is 1.48. The van der Waals surface area contributed by atoms with Crippen molar-refractivity contribution in [2.45, 2.75) is 6.67 Å². The predicted octanol–water partition coefficient (Wildman–Crippen LogP) is 2.16. The number of fused-ring (bicyclic) bond motifs is 1. The largest absolute Gasteiger partial charge is 0.486 e. The summed E-state index contributed by atoms with van der Waals surface area (Å²) in [5.74, 6) is 1.24. The van der Waals surface area contributed by atoms with Gasteiger partial charge in [-0.3, -0.25) is 0 Å². The van der Waals surface area contributed by atoms with E-state index in [0.29, 0.717) is 41.4 Å². The lowest BCUT2D eigenvalue weighted by molar-refractivity contribution is 0.172. The standard InChI is InChI=1S/C12H11FN2O3/c13-5-7-3-8(9-6-15-18-12(9)14)11-10(4-7)16-1-2-17-11/h3-4,6H,1-2,5,14H2. The van der Waals surface area contributed by atoms with Gasteiger partial charge in [0.05, 0.1) is 11.8 Å². The molecule has 0 unspecified atom stereocenters. The molecule has 94 valence electrons. The number of hydrogen-bond donors (Lipinski definition) is 1. The van der Waals surface area contributed by atoms with Crippen molar-refractivity contribution >= 4 is 5.88 Å². The van der Waals surface area contributed by atoms with Crippen LogP contribution < -0.4 is 15.2 Å². The number of benzene rings is 1. The summed E-state index contributed by atoms with van der Waals surface area (Å²) in [6, 6.07) is 3.29. The third-order valence-corrected chi connectivity index (χ3v) is 2.74. The van der Waals surface area contributed by atoms with E-state index in [1.807, 2.05) is 0 Å². The van der Waals surface area contributed by atoms with Crippen LogP contribution in [0.5, 0.6) is 11.5 Å². The lowest BCUT2D eigenvalue weighted by Gasteiger charge is -2.21. The zero-order valence-corrected chi connectivity index (χ0v) is 9.48. The molecule has 0 fully saturated rings. The first-order chi connectivity index (χ1) is 8.79. The molecule has 0 amide bonds. The van der Waals surface area contributed by atoms with Crippen molar-refractivity contribution in [3.8, 4) is 22.6 Å². The molecule has 6 heteroatoms. The second kappa shape index (κ2) is 4.21. The number of ether oxygens (including phenoxy) is 2. The van der Waals surface area contributed by atoms with E-state index in [0.717, 1.165) is 0 Å². The Morgan fingerprint density at radius 1 is 1.22 bits per heavy atom. The number of nitrogens with two attached hydrogens (primary N) is 1. The predicted molar refractivity (Wildman–Crippen MR) is 62.2 cm³/mol. The van der Waals surface area contributed by atoms with E-state index in [1.165, 1.54) is 6.20 Å². The van der Waals surface area contributed by atoms with Crippen molar-refractivity contribution in [2.24, 2.45) is 0 Å². The van der Waals surface area contributed by atoms with Gasteiger partial charge in [-0.1, -0.05) is 5.16 Å². The van der Waals surface area contributed by atoms with Crippen LogP contribution in [0.15, 0.2) is 22.9 Å². The zero-order chi connectivity index (χ0) is 12.5. The van der Waals surface area contributed by atoms with Gasteiger partial charge in [-0.25, -0.2) is 4.39 Å². The average Bonchev–Trinajstić information content (AvgIpc) is 2.83. The van der Waals surface area contributed by atoms with Crippen LogP contribution in [0, 0.1) is 0 Å². The Kier molecular flexibility index (Phi) is 2.55. The van der Waals surface area contributed by atoms with Crippen LogP contribution in [-0.2, 0) is 6.67 Å².